The van der Waals surface area contributed by atoms with E-state index in [2.05, 4.69) is 5.10 Å². The summed E-state index contributed by atoms with van der Waals surface area (Å²) in [6, 6.07) is 4.67. The van der Waals surface area contributed by atoms with Crippen LogP contribution < -0.4 is 0 Å². The number of aromatic nitrogens is 2. The van der Waals surface area contributed by atoms with Gasteiger partial charge in [0, 0.05) is 0 Å². The molecule has 0 aliphatic carbocycles. The summed E-state index contributed by atoms with van der Waals surface area (Å²) in [7, 11) is 0. The molecule has 0 spiro atoms. The first kappa shape index (κ1) is 16.9. The number of nitrogens with zero attached hydrogens (tertiary/aromatic N) is 3. The van der Waals surface area contributed by atoms with Crippen LogP contribution in [0.4, 0.5) is 18.9 Å². The topological polar surface area (TPSA) is 81.2 Å². The highest BCUT2D eigenvalue weighted by molar-refractivity contribution is 5.39. The molecule has 23 heavy (non-hydrogen) atoms. The maximum atomic E-state index is 13.0. The Hall–Kier alpha value is -2.42. The number of nitro groups is 1. The lowest BCUT2D eigenvalue weighted by Crippen LogP contribution is -2.16. The van der Waals surface area contributed by atoms with E-state index in [-0.39, 0.29) is 29.2 Å². The van der Waals surface area contributed by atoms with Crippen molar-refractivity contribution in [2.75, 3.05) is 0 Å². The zero-order valence-corrected chi connectivity index (χ0v) is 12.3. The van der Waals surface area contributed by atoms with Crippen molar-refractivity contribution < 1.29 is 23.2 Å². The largest absolute Gasteiger partial charge is 0.416 e. The van der Waals surface area contributed by atoms with Crippen LogP contribution in [0.2, 0.25) is 0 Å². The van der Waals surface area contributed by atoms with Gasteiger partial charge in [-0.15, -0.1) is 0 Å². The van der Waals surface area contributed by atoms with E-state index in [1.807, 2.05) is 0 Å². The van der Waals surface area contributed by atoms with Crippen molar-refractivity contribution in [2.45, 2.75) is 32.7 Å². The smallest absolute Gasteiger partial charge is 0.386 e. The van der Waals surface area contributed by atoms with Crippen LogP contribution >= 0.6 is 0 Å². The molecule has 9 heteroatoms. The molecular formula is C14H14F3N3O3. The normalized spacial score (nSPS) is 13.1. The van der Waals surface area contributed by atoms with Crippen molar-refractivity contribution in [3.05, 3.63) is 56.9 Å². The van der Waals surface area contributed by atoms with Crippen LogP contribution in [0.15, 0.2) is 24.3 Å². The van der Waals surface area contributed by atoms with Crippen LogP contribution in [0, 0.1) is 24.0 Å². The predicted molar refractivity (Wildman–Crippen MR) is 74.8 cm³/mol. The molecule has 0 aliphatic heterocycles. The maximum Gasteiger partial charge on any atom is 0.416 e. The summed E-state index contributed by atoms with van der Waals surface area (Å²) in [6.45, 7) is 2.55. The van der Waals surface area contributed by atoms with Crippen molar-refractivity contribution in [1.29, 1.82) is 0 Å². The standard InChI is InChI=1S/C14H14F3N3O3/c1-8-13(20(22)23)9(2)19(18-8)7-12(21)10-5-3-4-6-11(10)14(15,16)17/h3-6,12,21H,7H2,1-2H3/t12-/m1/s1. The highest BCUT2D eigenvalue weighted by Gasteiger charge is 2.35. The van der Waals surface area contributed by atoms with Crippen molar-refractivity contribution in [1.82, 2.24) is 9.78 Å². The third kappa shape index (κ3) is 3.34. The highest BCUT2D eigenvalue weighted by Crippen LogP contribution is 2.35. The number of rotatable bonds is 4. The van der Waals surface area contributed by atoms with Gasteiger partial charge >= 0.3 is 11.9 Å². The van der Waals surface area contributed by atoms with Gasteiger partial charge in [-0.05, 0) is 25.5 Å². The van der Waals surface area contributed by atoms with Crippen LogP contribution in [-0.2, 0) is 12.7 Å². The van der Waals surface area contributed by atoms with Crippen LogP contribution in [-0.4, -0.2) is 19.8 Å². The SMILES string of the molecule is Cc1nn(C[C@@H](O)c2ccccc2C(F)(F)F)c(C)c1[N+](=O)[O-]. The lowest BCUT2D eigenvalue weighted by Gasteiger charge is -2.17. The third-order valence-corrected chi connectivity index (χ3v) is 3.50. The van der Waals surface area contributed by atoms with Gasteiger partial charge in [0.2, 0.25) is 0 Å². The molecule has 124 valence electrons. The average molecular weight is 329 g/mol. The molecule has 0 saturated carbocycles. The number of aryl methyl sites for hydroxylation is 1. The fraction of sp³-hybridized carbons (Fsp3) is 0.357. The van der Waals surface area contributed by atoms with E-state index in [1.165, 1.54) is 32.0 Å². The molecule has 0 unspecified atom stereocenters. The second-order valence-electron chi connectivity index (χ2n) is 5.06. The maximum absolute atomic E-state index is 13.0. The van der Waals surface area contributed by atoms with E-state index in [4.69, 9.17) is 0 Å². The van der Waals surface area contributed by atoms with Crippen molar-refractivity contribution >= 4 is 5.69 Å². The second-order valence-corrected chi connectivity index (χ2v) is 5.06. The van der Waals surface area contributed by atoms with E-state index in [0.717, 1.165) is 10.7 Å². The first-order chi connectivity index (χ1) is 10.6. The van der Waals surface area contributed by atoms with Crippen LogP contribution in [0.5, 0.6) is 0 Å². The van der Waals surface area contributed by atoms with Crippen molar-refractivity contribution in [3.8, 4) is 0 Å². The van der Waals surface area contributed by atoms with Crippen LogP contribution in [0.1, 0.15) is 28.6 Å². The van der Waals surface area contributed by atoms with E-state index in [0.29, 0.717) is 0 Å². The number of alkyl halides is 3. The molecule has 0 saturated heterocycles. The number of hydrogen-bond acceptors (Lipinski definition) is 4. The molecule has 1 aromatic heterocycles. The van der Waals surface area contributed by atoms with Gasteiger partial charge in [0.15, 0.2) is 0 Å². The summed E-state index contributed by atoms with van der Waals surface area (Å²) in [6.07, 6.45) is -6.09. The molecule has 0 fully saturated rings. The minimum Gasteiger partial charge on any atom is -0.386 e. The predicted octanol–water partition coefficient (Wildman–Crippen LogP) is 3.16. The van der Waals surface area contributed by atoms with Gasteiger partial charge in [-0.1, -0.05) is 18.2 Å². The first-order valence-corrected chi connectivity index (χ1v) is 6.65. The van der Waals surface area contributed by atoms with Crippen molar-refractivity contribution in [2.24, 2.45) is 0 Å². The summed E-state index contributed by atoms with van der Waals surface area (Å²) in [4.78, 5) is 10.3. The highest BCUT2D eigenvalue weighted by atomic mass is 19.4. The van der Waals surface area contributed by atoms with Gasteiger partial charge < -0.3 is 5.11 Å². The number of aliphatic hydroxyl groups is 1. The molecule has 1 atom stereocenters. The number of hydrogen-bond donors (Lipinski definition) is 1. The lowest BCUT2D eigenvalue weighted by molar-refractivity contribution is -0.386. The zero-order valence-electron chi connectivity index (χ0n) is 12.3. The Balaban J connectivity index is 2.36. The molecule has 1 heterocycles. The monoisotopic (exact) mass is 329 g/mol. The summed E-state index contributed by atoms with van der Waals surface area (Å²) >= 11 is 0. The summed E-state index contributed by atoms with van der Waals surface area (Å²) in [5.41, 5.74) is -1.13. The van der Waals surface area contributed by atoms with Gasteiger partial charge in [-0.2, -0.15) is 18.3 Å². The first-order valence-electron chi connectivity index (χ1n) is 6.65. The van der Waals surface area contributed by atoms with Gasteiger partial charge in [0.25, 0.3) is 0 Å². The van der Waals surface area contributed by atoms with Gasteiger partial charge in [-0.25, -0.2) is 0 Å². The summed E-state index contributed by atoms with van der Waals surface area (Å²) in [5.74, 6) is 0. The van der Waals surface area contributed by atoms with Gasteiger partial charge in [-0.3, -0.25) is 14.8 Å². The third-order valence-electron chi connectivity index (χ3n) is 3.50. The molecule has 1 N–H and O–H groups in total. The fourth-order valence-corrected chi connectivity index (χ4v) is 2.44. The van der Waals surface area contributed by atoms with Gasteiger partial charge in [0.05, 0.1) is 23.1 Å². The van der Waals surface area contributed by atoms with Gasteiger partial charge in [0.1, 0.15) is 11.4 Å². The van der Waals surface area contributed by atoms with E-state index >= 15 is 0 Å². The van der Waals surface area contributed by atoms with E-state index in [1.54, 1.807) is 0 Å². The van der Waals surface area contributed by atoms with E-state index < -0.39 is 22.8 Å². The average Bonchev–Trinajstić information content (AvgIpc) is 2.72. The molecular weight excluding hydrogens is 315 g/mol. The molecule has 0 amide bonds. The molecule has 0 bridgehead atoms. The van der Waals surface area contributed by atoms with Crippen LogP contribution in [0.25, 0.3) is 0 Å². The zero-order chi connectivity index (χ0) is 17.4. The molecule has 6 nitrogen and oxygen atoms in total. The minimum absolute atomic E-state index is 0.142. The lowest BCUT2D eigenvalue weighted by atomic mass is 10.0. The molecule has 2 rings (SSSR count). The second kappa shape index (κ2) is 5.99. The number of halogens is 3. The minimum atomic E-state index is -4.60. The molecule has 2 aromatic rings. The Labute approximate surface area is 129 Å². The fourth-order valence-electron chi connectivity index (χ4n) is 2.44. The Bertz CT molecular complexity index is 741. The summed E-state index contributed by atoms with van der Waals surface area (Å²) < 4.78 is 40.1. The Kier molecular flexibility index (Phi) is 4.42. The summed E-state index contributed by atoms with van der Waals surface area (Å²) in [5, 5.41) is 25.0. The molecule has 1 aromatic carbocycles. The van der Waals surface area contributed by atoms with Crippen molar-refractivity contribution in [3.63, 3.8) is 0 Å². The Morgan fingerprint density at radius 1 is 1.35 bits per heavy atom. The van der Waals surface area contributed by atoms with E-state index in [9.17, 15) is 28.4 Å². The molecule has 0 aliphatic rings. The molecule has 0 radical (unpaired) electrons. The van der Waals surface area contributed by atoms with Crippen LogP contribution in [0.3, 0.4) is 0 Å². The Morgan fingerprint density at radius 2 is 1.96 bits per heavy atom. The quantitative estimate of drug-likeness (QED) is 0.690. The number of benzene rings is 1. The Morgan fingerprint density at radius 3 is 2.48 bits per heavy atom. The number of aliphatic hydroxyl groups excluding tert-OH is 1.